The maximum absolute atomic E-state index is 12.6. The van der Waals surface area contributed by atoms with Crippen LogP contribution >= 0.6 is 0 Å². The van der Waals surface area contributed by atoms with E-state index in [4.69, 9.17) is 4.74 Å². The van der Waals surface area contributed by atoms with Crippen molar-refractivity contribution in [2.45, 2.75) is 11.8 Å². The SMILES string of the molecule is COc1ccc(S(=O)(=O)Nc2cccc3[nH]ccc23)c(C)c1. The molecule has 0 amide bonds. The molecule has 2 N–H and O–H groups in total. The second-order valence-electron chi connectivity index (χ2n) is 4.98. The number of benzene rings is 2. The van der Waals surface area contributed by atoms with Gasteiger partial charge in [0.05, 0.1) is 17.7 Å². The Morgan fingerprint density at radius 1 is 1.14 bits per heavy atom. The zero-order valence-electron chi connectivity index (χ0n) is 12.3. The Labute approximate surface area is 129 Å². The summed E-state index contributed by atoms with van der Waals surface area (Å²) in [5, 5.41) is 0.831. The van der Waals surface area contributed by atoms with Crippen LogP contribution in [-0.4, -0.2) is 20.5 Å². The molecule has 0 saturated heterocycles. The summed E-state index contributed by atoms with van der Waals surface area (Å²) in [5.74, 6) is 0.629. The monoisotopic (exact) mass is 316 g/mol. The van der Waals surface area contributed by atoms with Gasteiger partial charge in [0.25, 0.3) is 10.0 Å². The number of rotatable bonds is 4. The number of aromatic amines is 1. The van der Waals surface area contributed by atoms with Crippen LogP contribution in [0.4, 0.5) is 5.69 Å². The first-order chi connectivity index (χ1) is 10.5. The molecule has 0 spiro atoms. The van der Waals surface area contributed by atoms with Crippen molar-refractivity contribution in [3.63, 3.8) is 0 Å². The standard InChI is InChI=1S/C16H16N2O3S/c1-11-10-12(21-2)6-7-16(11)22(19,20)18-15-5-3-4-14-13(15)8-9-17-14/h3-10,17-18H,1-2H3. The van der Waals surface area contributed by atoms with Crippen molar-refractivity contribution >= 4 is 26.6 Å². The fourth-order valence-electron chi connectivity index (χ4n) is 2.42. The molecule has 0 unspecified atom stereocenters. The molecule has 2 aromatic carbocycles. The molecule has 0 fully saturated rings. The van der Waals surface area contributed by atoms with Crippen LogP contribution in [0.3, 0.4) is 0 Å². The van der Waals surface area contributed by atoms with E-state index in [0.717, 1.165) is 10.9 Å². The minimum Gasteiger partial charge on any atom is -0.497 e. The molecule has 1 heterocycles. The molecule has 0 bridgehead atoms. The van der Waals surface area contributed by atoms with Gasteiger partial charge >= 0.3 is 0 Å². The summed E-state index contributed by atoms with van der Waals surface area (Å²) < 4.78 is 33.0. The van der Waals surface area contributed by atoms with Gasteiger partial charge in [-0.15, -0.1) is 0 Å². The molecule has 1 aromatic heterocycles. The summed E-state index contributed by atoms with van der Waals surface area (Å²) in [5.41, 5.74) is 2.06. The molecule has 0 saturated carbocycles. The molecule has 0 aliphatic rings. The average Bonchev–Trinajstić information content (AvgIpc) is 2.96. The quantitative estimate of drug-likeness (QED) is 0.776. The van der Waals surface area contributed by atoms with Crippen LogP contribution in [0, 0.1) is 6.92 Å². The summed E-state index contributed by atoms with van der Waals surface area (Å²) in [7, 11) is -2.11. The van der Waals surface area contributed by atoms with Gasteiger partial charge in [0.1, 0.15) is 5.75 Å². The van der Waals surface area contributed by atoms with Crippen LogP contribution in [0.5, 0.6) is 5.75 Å². The number of sulfonamides is 1. The number of H-pyrrole nitrogens is 1. The maximum Gasteiger partial charge on any atom is 0.262 e. The molecule has 22 heavy (non-hydrogen) atoms. The number of anilines is 1. The molecule has 0 aliphatic heterocycles. The number of hydrogen-bond acceptors (Lipinski definition) is 3. The smallest absolute Gasteiger partial charge is 0.262 e. The molecule has 5 nitrogen and oxygen atoms in total. The number of nitrogens with one attached hydrogen (secondary N) is 2. The summed E-state index contributed by atoms with van der Waals surface area (Å²) in [6.45, 7) is 1.74. The lowest BCUT2D eigenvalue weighted by Crippen LogP contribution is -2.14. The highest BCUT2D eigenvalue weighted by atomic mass is 32.2. The molecule has 114 valence electrons. The third kappa shape index (κ3) is 2.53. The fraction of sp³-hybridized carbons (Fsp3) is 0.125. The van der Waals surface area contributed by atoms with E-state index >= 15 is 0 Å². The fourth-order valence-corrected chi connectivity index (χ4v) is 3.73. The van der Waals surface area contributed by atoms with Crippen LogP contribution in [0.2, 0.25) is 0 Å². The van der Waals surface area contributed by atoms with Crippen LogP contribution < -0.4 is 9.46 Å². The summed E-state index contributed by atoms with van der Waals surface area (Å²) >= 11 is 0. The number of ether oxygens (including phenoxy) is 1. The van der Waals surface area contributed by atoms with E-state index in [1.54, 1.807) is 50.6 Å². The maximum atomic E-state index is 12.6. The van der Waals surface area contributed by atoms with Gasteiger partial charge in [0, 0.05) is 17.1 Å². The summed E-state index contributed by atoms with van der Waals surface area (Å²) in [4.78, 5) is 3.30. The Hall–Kier alpha value is -2.47. The van der Waals surface area contributed by atoms with Gasteiger partial charge < -0.3 is 9.72 Å². The molecule has 3 rings (SSSR count). The summed E-state index contributed by atoms with van der Waals surface area (Å²) in [6.07, 6.45) is 1.78. The molecular weight excluding hydrogens is 300 g/mol. The number of methoxy groups -OCH3 is 1. The molecule has 3 aromatic rings. The Kier molecular flexibility index (Phi) is 3.54. The van der Waals surface area contributed by atoms with Crippen LogP contribution in [-0.2, 0) is 10.0 Å². The van der Waals surface area contributed by atoms with Gasteiger partial charge in [0.15, 0.2) is 0 Å². The van der Waals surface area contributed by atoms with Gasteiger partial charge in [-0.1, -0.05) is 6.07 Å². The van der Waals surface area contributed by atoms with Crippen molar-refractivity contribution in [1.82, 2.24) is 4.98 Å². The topological polar surface area (TPSA) is 71.2 Å². The highest BCUT2D eigenvalue weighted by Gasteiger charge is 2.18. The van der Waals surface area contributed by atoms with Crippen LogP contribution in [0.1, 0.15) is 5.56 Å². The van der Waals surface area contributed by atoms with Crippen LogP contribution in [0.15, 0.2) is 53.6 Å². The third-order valence-corrected chi connectivity index (χ3v) is 5.04. The largest absolute Gasteiger partial charge is 0.497 e. The van der Waals surface area contributed by atoms with Gasteiger partial charge in [-0.25, -0.2) is 8.42 Å². The van der Waals surface area contributed by atoms with Crippen molar-refractivity contribution in [2.75, 3.05) is 11.8 Å². The van der Waals surface area contributed by atoms with Crippen molar-refractivity contribution < 1.29 is 13.2 Å². The van der Waals surface area contributed by atoms with Crippen molar-refractivity contribution in [1.29, 1.82) is 0 Å². The number of aryl methyl sites for hydroxylation is 1. The molecule has 6 heteroatoms. The predicted octanol–water partition coefficient (Wildman–Crippen LogP) is 3.29. The summed E-state index contributed by atoms with van der Waals surface area (Å²) in [6, 6.07) is 12.2. The number of fused-ring (bicyclic) bond motifs is 1. The Morgan fingerprint density at radius 3 is 2.68 bits per heavy atom. The van der Waals surface area contributed by atoms with Crippen molar-refractivity contribution in [2.24, 2.45) is 0 Å². The van der Waals surface area contributed by atoms with E-state index in [9.17, 15) is 8.42 Å². The lowest BCUT2D eigenvalue weighted by molar-refractivity contribution is 0.414. The second-order valence-corrected chi connectivity index (χ2v) is 6.63. The van der Waals surface area contributed by atoms with Gasteiger partial charge in [-0.2, -0.15) is 0 Å². The molecule has 0 aliphatic carbocycles. The lowest BCUT2D eigenvalue weighted by Gasteiger charge is -2.12. The third-order valence-electron chi connectivity index (χ3n) is 3.51. The molecular formula is C16H16N2O3S. The zero-order chi connectivity index (χ0) is 15.7. The lowest BCUT2D eigenvalue weighted by atomic mass is 10.2. The van der Waals surface area contributed by atoms with Crippen molar-refractivity contribution in [3.05, 3.63) is 54.2 Å². The van der Waals surface area contributed by atoms with Crippen molar-refractivity contribution in [3.8, 4) is 5.75 Å². The predicted molar refractivity (Wildman–Crippen MR) is 86.8 cm³/mol. The number of hydrogen-bond donors (Lipinski definition) is 2. The van der Waals surface area contributed by atoms with E-state index < -0.39 is 10.0 Å². The van der Waals surface area contributed by atoms with Gasteiger partial charge in [-0.05, 0) is 48.9 Å². The Morgan fingerprint density at radius 2 is 1.95 bits per heavy atom. The minimum atomic E-state index is -3.66. The van der Waals surface area contributed by atoms with E-state index in [2.05, 4.69) is 9.71 Å². The van der Waals surface area contributed by atoms with Gasteiger partial charge in [0.2, 0.25) is 0 Å². The molecule has 0 radical (unpaired) electrons. The highest BCUT2D eigenvalue weighted by Crippen LogP contribution is 2.27. The zero-order valence-corrected chi connectivity index (χ0v) is 13.1. The highest BCUT2D eigenvalue weighted by molar-refractivity contribution is 7.92. The van der Waals surface area contributed by atoms with E-state index in [0.29, 0.717) is 17.0 Å². The first-order valence-corrected chi connectivity index (χ1v) is 8.23. The van der Waals surface area contributed by atoms with E-state index in [1.807, 2.05) is 12.1 Å². The first kappa shape index (κ1) is 14.5. The van der Waals surface area contributed by atoms with E-state index in [1.165, 1.54) is 0 Å². The second kappa shape index (κ2) is 5.38. The Bertz CT molecular complexity index is 929. The van der Waals surface area contributed by atoms with E-state index in [-0.39, 0.29) is 4.90 Å². The molecule has 0 atom stereocenters. The first-order valence-electron chi connectivity index (χ1n) is 6.75. The van der Waals surface area contributed by atoms with Crippen LogP contribution in [0.25, 0.3) is 10.9 Å². The minimum absolute atomic E-state index is 0.237. The average molecular weight is 316 g/mol. The van der Waals surface area contributed by atoms with Gasteiger partial charge in [-0.3, -0.25) is 4.72 Å². The normalized spacial score (nSPS) is 11.5. The number of aromatic nitrogens is 1. The Balaban J connectivity index is 2.02.